The number of aromatic hydroxyl groups is 1. The van der Waals surface area contributed by atoms with E-state index in [-0.39, 0.29) is 23.9 Å². The Morgan fingerprint density at radius 2 is 2.00 bits per heavy atom. The van der Waals surface area contributed by atoms with Crippen molar-refractivity contribution < 1.29 is 14.7 Å². The van der Waals surface area contributed by atoms with Gasteiger partial charge in [0.25, 0.3) is 11.8 Å². The molecule has 3 N–H and O–H groups in total. The molecule has 0 aliphatic carbocycles. The Hall–Kier alpha value is -2.71. The van der Waals surface area contributed by atoms with E-state index >= 15 is 0 Å². The normalized spacial score (nSPS) is 11.2. The molecule has 9 heteroatoms. The standard InChI is InChI=1S/C19H16BrClN4O3/c20-14-5-2-1-4-12(14)18(27)22-9-3-6-16(26)24-25-17-13-10-11(21)7-8-15(13)23-19(17)28/h1-2,4-5,7-8,10,23,28H,3,6,9H2,(H,22,27). The van der Waals surface area contributed by atoms with Gasteiger partial charge in [-0.1, -0.05) is 23.7 Å². The highest BCUT2D eigenvalue weighted by molar-refractivity contribution is 9.10. The molecule has 1 aromatic heterocycles. The van der Waals surface area contributed by atoms with Crippen molar-refractivity contribution in [2.45, 2.75) is 12.8 Å². The zero-order valence-electron chi connectivity index (χ0n) is 14.6. The van der Waals surface area contributed by atoms with Crippen LogP contribution in [0, 0.1) is 0 Å². The Kier molecular flexibility index (Phi) is 6.43. The first-order valence-electron chi connectivity index (χ1n) is 8.43. The van der Waals surface area contributed by atoms with Crippen LogP contribution in [0.1, 0.15) is 23.2 Å². The van der Waals surface area contributed by atoms with Gasteiger partial charge in [0.05, 0.1) is 11.1 Å². The summed E-state index contributed by atoms with van der Waals surface area (Å²) in [6.07, 6.45) is 0.531. The molecule has 3 aromatic rings. The second-order valence-corrected chi connectivity index (χ2v) is 7.24. The fraction of sp³-hybridized carbons (Fsp3) is 0.158. The molecule has 0 atom stereocenters. The van der Waals surface area contributed by atoms with Crippen molar-refractivity contribution in [1.29, 1.82) is 0 Å². The predicted molar refractivity (Wildman–Crippen MR) is 110 cm³/mol. The maximum Gasteiger partial charge on any atom is 0.264 e. The lowest BCUT2D eigenvalue weighted by molar-refractivity contribution is -0.118. The molecule has 3 rings (SSSR count). The van der Waals surface area contributed by atoms with E-state index in [1.54, 1.807) is 36.4 Å². The Labute approximate surface area is 173 Å². The third-order valence-corrected chi connectivity index (χ3v) is 4.87. The molecule has 0 saturated carbocycles. The van der Waals surface area contributed by atoms with E-state index in [0.29, 0.717) is 38.9 Å². The van der Waals surface area contributed by atoms with Crippen LogP contribution in [-0.2, 0) is 4.79 Å². The average Bonchev–Trinajstić information content (AvgIpc) is 2.98. The molecule has 0 fully saturated rings. The van der Waals surface area contributed by atoms with Crippen LogP contribution < -0.4 is 5.32 Å². The lowest BCUT2D eigenvalue weighted by atomic mass is 10.2. The van der Waals surface area contributed by atoms with Gasteiger partial charge < -0.3 is 15.4 Å². The Bertz CT molecular complexity index is 1060. The topological polar surface area (TPSA) is 107 Å². The summed E-state index contributed by atoms with van der Waals surface area (Å²) in [7, 11) is 0. The molecule has 28 heavy (non-hydrogen) atoms. The lowest BCUT2D eigenvalue weighted by Crippen LogP contribution is -2.25. The molecule has 0 aliphatic rings. The Morgan fingerprint density at radius 1 is 1.21 bits per heavy atom. The first-order chi connectivity index (χ1) is 13.5. The van der Waals surface area contributed by atoms with E-state index < -0.39 is 5.91 Å². The maximum absolute atomic E-state index is 12.1. The molecule has 2 aromatic carbocycles. The lowest BCUT2D eigenvalue weighted by Gasteiger charge is -2.05. The molecule has 2 amide bonds. The van der Waals surface area contributed by atoms with Crippen molar-refractivity contribution in [3.05, 3.63) is 57.5 Å². The maximum atomic E-state index is 12.1. The molecular formula is C19H16BrClN4O3. The molecule has 1 heterocycles. The minimum Gasteiger partial charge on any atom is -0.493 e. The van der Waals surface area contributed by atoms with Crippen molar-refractivity contribution in [1.82, 2.24) is 10.3 Å². The first-order valence-corrected chi connectivity index (χ1v) is 9.60. The van der Waals surface area contributed by atoms with E-state index in [0.717, 1.165) is 0 Å². The Balaban J connectivity index is 1.52. The van der Waals surface area contributed by atoms with E-state index in [9.17, 15) is 14.7 Å². The third-order valence-electron chi connectivity index (χ3n) is 3.95. The summed E-state index contributed by atoms with van der Waals surface area (Å²) in [6, 6.07) is 12.1. The van der Waals surface area contributed by atoms with Crippen LogP contribution in [0.5, 0.6) is 5.88 Å². The number of fused-ring (bicyclic) bond motifs is 1. The summed E-state index contributed by atoms with van der Waals surface area (Å²) in [6.45, 7) is 0.329. The number of halogens is 2. The van der Waals surface area contributed by atoms with Gasteiger partial charge in [-0.3, -0.25) is 9.59 Å². The highest BCUT2D eigenvalue weighted by atomic mass is 79.9. The molecule has 7 nitrogen and oxygen atoms in total. The minimum absolute atomic E-state index is 0.115. The van der Waals surface area contributed by atoms with Crippen molar-refractivity contribution in [3.8, 4) is 5.88 Å². The number of azo groups is 1. The summed E-state index contributed by atoms with van der Waals surface area (Å²) in [5, 5.41) is 21.2. The largest absolute Gasteiger partial charge is 0.493 e. The van der Waals surface area contributed by atoms with Crippen LogP contribution in [0.15, 0.2) is 57.2 Å². The number of nitrogens with zero attached hydrogens (tertiary/aromatic N) is 2. The van der Waals surface area contributed by atoms with Crippen LogP contribution in [-0.4, -0.2) is 28.4 Å². The van der Waals surface area contributed by atoms with Gasteiger partial charge in [0.1, 0.15) is 0 Å². The SMILES string of the molecule is O=C(CCCNC(=O)c1ccccc1Br)N=Nc1c(O)[nH]c2ccc(Cl)cc12. The number of rotatable bonds is 6. The quantitative estimate of drug-likeness (QED) is 0.349. The van der Waals surface area contributed by atoms with Crippen LogP contribution in [0.25, 0.3) is 10.9 Å². The zero-order valence-corrected chi connectivity index (χ0v) is 16.9. The van der Waals surface area contributed by atoms with Crippen LogP contribution in [0.3, 0.4) is 0 Å². The van der Waals surface area contributed by atoms with Gasteiger partial charge >= 0.3 is 0 Å². The summed E-state index contributed by atoms with van der Waals surface area (Å²) >= 11 is 9.28. The second kappa shape index (κ2) is 8.99. The van der Waals surface area contributed by atoms with Gasteiger partial charge in [-0.15, -0.1) is 10.2 Å². The predicted octanol–water partition coefficient (Wildman–Crippen LogP) is 5.11. The van der Waals surface area contributed by atoms with Gasteiger partial charge in [0, 0.05) is 27.8 Å². The zero-order chi connectivity index (χ0) is 20.1. The van der Waals surface area contributed by atoms with Gasteiger partial charge in [-0.05, 0) is 52.7 Å². The number of nitrogens with one attached hydrogen (secondary N) is 2. The molecule has 0 radical (unpaired) electrons. The molecule has 0 spiro atoms. The number of carbonyl (C=O) groups excluding carboxylic acids is 2. The first kappa shape index (κ1) is 20.0. The van der Waals surface area contributed by atoms with Crippen LogP contribution in [0.2, 0.25) is 5.02 Å². The van der Waals surface area contributed by atoms with E-state index in [1.807, 2.05) is 6.07 Å². The van der Waals surface area contributed by atoms with Gasteiger partial charge in [-0.25, -0.2) is 0 Å². The van der Waals surface area contributed by atoms with Crippen LogP contribution >= 0.6 is 27.5 Å². The number of benzene rings is 2. The summed E-state index contributed by atoms with van der Waals surface area (Å²) in [5.74, 6) is -0.859. The fourth-order valence-corrected chi connectivity index (χ4v) is 3.21. The molecule has 0 saturated heterocycles. The molecule has 0 aliphatic heterocycles. The molecule has 0 bridgehead atoms. The van der Waals surface area contributed by atoms with Crippen molar-refractivity contribution in [2.75, 3.05) is 6.54 Å². The summed E-state index contributed by atoms with van der Waals surface area (Å²) < 4.78 is 0.705. The van der Waals surface area contributed by atoms with Crippen molar-refractivity contribution >= 4 is 55.9 Å². The van der Waals surface area contributed by atoms with Crippen LogP contribution in [0.4, 0.5) is 5.69 Å². The van der Waals surface area contributed by atoms with E-state index in [1.165, 1.54) is 0 Å². The highest BCUT2D eigenvalue weighted by Crippen LogP contribution is 2.36. The monoisotopic (exact) mass is 462 g/mol. The molecule has 144 valence electrons. The van der Waals surface area contributed by atoms with Crippen molar-refractivity contribution in [3.63, 3.8) is 0 Å². The number of aromatic amines is 1. The summed E-state index contributed by atoms with van der Waals surface area (Å²) in [5.41, 5.74) is 1.33. The smallest absolute Gasteiger partial charge is 0.264 e. The Morgan fingerprint density at radius 3 is 2.79 bits per heavy atom. The molecular weight excluding hydrogens is 448 g/mol. The number of carbonyl (C=O) groups is 2. The molecule has 0 unspecified atom stereocenters. The third kappa shape index (κ3) is 4.76. The number of amides is 2. The van der Waals surface area contributed by atoms with Gasteiger partial charge in [0.2, 0.25) is 5.88 Å². The van der Waals surface area contributed by atoms with E-state index in [4.69, 9.17) is 11.6 Å². The number of hydrogen-bond donors (Lipinski definition) is 3. The second-order valence-electron chi connectivity index (χ2n) is 5.95. The number of aromatic nitrogens is 1. The van der Waals surface area contributed by atoms with E-state index in [2.05, 4.69) is 36.5 Å². The summed E-state index contributed by atoms with van der Waals surface area (Å²) in [4.78, 5) is 26.7. The van der Waals surface area contributed by atoms with Crippen molar-refractivity contribution in [2.24, 2.45) is 10.2 Å². The number of hydrogen-bond acceptors (Lipinski definition) is 4. The average molecular weight is 464 g/mol. The highest BCUT2D eigenvalue weighted by Gasteiger charge is 2.12. The fourth-order valence-electron chi connectivity index (χ4n) is 2.57. The van der Waals surface area contributed by atoms with Gasteiger partial charge in [-0.2, -0.15) is 0 Å². The number of H-pyrrole nitrogens is 1. The van der Waals surface area contributed by atoms with Gasteiger partial charge in [0.15, 0.2) is 5.69 Å². The minimum atomic E-state index is -0.453.